The summed E-state index contributed by atoms with van der Waals surface area (Å²) in [7, 11) is 0. The van der Waals surface area contributed by atoms with Crippen molar-refractivity contribution >= 4 is 70.4 Å². The van der Waals surface area contributed by atoms with Crippen LogP contribution in [0.5, 0.6) is 0 Å². The van der Waals surface area contributed by atoms with Gasteiger partial charge in [0.05, 0.1) is 16.4 Å². The highest BCUT2D eigenvalue weighted by Gasteiger charge is 2.52. The molecule has 0 fully saturated rings. The van der Waals surface area contributed by atoms with E-state index in [1.54, 1.807) is 0 Å². The summed E-state index contributed by atoms with van der Waals surface area (Å²) in [5.74, 6) is 0. The number of nitrogens with zero attached hydrogens (tertiary/aromatic N) is 2. The van der Waals surface area contributed by atoms with Crippen molar-refractivity contribution in [3.8, 4) is 50.2 Å². The maximum atomic E-state index is 2.51. The lowest BCUT2D eigenvalue weighted by Crippen LogP contribution is -2.26. The van der Waals surface area contributed by atoms with Crippen LogP contribution in [0.15, 0.2) is 255 Å². The van der Waals surface area contributed by atoms with E-state index in [0.717, 1.165) is 17.1 Å². The van der Waals surface area contributed by atoms with Crippen LogP contribution in [-0.4, -0.2) is 4.57 Å². The number of para-hydroxylation sites is 2. The van der Waals surface area contributed by atoms with E-state index in [1.165, 1.54) is 114 Å². The lowest BCUT2D eigenvalue weighted by atomic mass is 9.70. The predicted molar refractivity (Wildman–Crippen MR) is 296 cm³/mol. The van der Waals surface area contributed by atoms with Crippen molar-refractivity contribution in [1.82, 2.24) is 4.57 Å². The third kappa shape index (κ3) is 5.49. The van der Waals surface area contributed by atoms with Crippen LogP contribution in [0.25, 0.3) is 92.2 Å². The summed E-state index contributed by atoms with van der Waals surface area (Å²) in [4.78, 5) is 2.44. The van der Waals surface area contributed by atoms with Gasteiger partial charge in [0, 0.05) is 59.3 Å². The van der Waals surface area contributed by atoms with Crippen LogP contribution in [0.2, 0.25) is 0 Å². The van der Waals surface area contributed by atoms with E-state index in [4.69, 9.17) is 0 Å². The lowest BCUT2D eigenvalue weighted by Gasteiger charge is -2.32. The average Bonchev–Trinajstić information content (AvgIpc) is 4.16. The van der Waals surface area contributed by atoms with E-state index in [-0.39, 0.29) is 0 Å². The molecular weight excluding hydrogens is 865 g/mol. The molecule has 0 bridgehead atoms. The van der Waals surface area contributed by atoms with Crippen LogP contribution in [0.1, 0.15) is 22.3 Å². The van der Waals surface area contributed by atoms with Gasteiger partial charge in [0.25, 0.3) is 0 Å². The Bertz CT molecular complexity index is 4120. The molecule has 15 rings (SSSR count). The Hall–Kier alpha value is -8.76. The van der Waals surface area contributed by atoms with Crippen molar-refractivity contribution in [1.29, 1.82) is 0 Å². The molecule has 326 valence electrons. The van der Waals surface area contributed by atoms with Gasteiger partial charge in [-0.25, -0.2) is 0 Å². The van der Waals surface area contributed by atoms with Crippen LogP contribution in [0.3, 0.4) is 0 Å². The van der Waals surface area contributed by atoms with E-state index in [2.05, 4.69) is 264 Å². The Morgan fingerprint density at radius 2 is 0.843 bits per heavy atom. The first-order valence-corrected chi connectivity index (χ1v) is 25.0. The molecule has 0 aliphatic heterocycles. The van der Waals surface area contributed by atoms with E-state index in [0.29, 0.717) is 0 Å². The number of anilines is 3. The van der Waals surface area contributed by atoms with Crippen molar-refractivity contribution in [2.45, 2.75) is 5.41 Å². The number of aromatic nitrogens is 1. The van der Waals surface area contributed by atoms with Gasteiger partial charge < -0.3 is 9.47 Å². The summed E-state index contributed by atoms with van der Waals surface area (Å²) in [5, 5.41) is 5.23. The number of fused-ring (bicyclic) bond motifs is 18. The van der Waals surface area contributed by atoms with Gasteiger partial charge in [-0.05, 0) is 122 Å². The van der Waals surface area contributed by atoms with Crippen molar-refractivity contribution in [2.75, 3.05) is 4.90 Å². The maximum Gasteiger partial charge on any atom is 0.0726 e. The Labute approximate surface area is 410 Å². The Balaban J connectivity index is 0.964. The third-order valence-electron chi connectivity index (χ3n) is 15.2. The first-order valence-electron chi connectivity index (χ1n) is 24.2. The van der Waals surface area contributed by atoms with Crippen molar-refractivity contribution in [2.24, 2.45) is 0 Å². The van der Waals surface area contributed by atoms with Gasteiger partial charge in [-0.1, -0.05) is 194 Å². The maximum absolute atomic E-state index is 2.51. The van der Waals surface area contributed by atoms with Crippen LogP contribution < -0.4 is 4.90 Å². The Morgan fingerprint density at radius 3 is 1.53 bits per heavy atom. The van der Waals surface area contributed by atoms with E-state index >= 15 is 0 Å². The van der Waals surface area contributed by atoms with Crippen molar-refractivity contribution < 1.29 is 0 Å². The van der Waals surface area contributed by atoms with Crippen LogP contribution in [0, 0.1) is 0 Å². The molecule has 3 heteroatoms. The minimum atomic E-state index is -0.531. The molecule has 2 aromatic heterocycles. The van der Waals surface area contributed by atoms with Crippen molar-refractivity contribution in [3.05, 3.63) is 277 Å². The molecule has 70 heavy (non-hydrogen) atoms. The lowest BCUT2D eigenvalue weighted by molar-refractivity contribution is 0.794. The number of rotatable bonds is 6. The molecule has 0 saturated heterocycles. The van der Waals surface area contributed by atoms with Crippen LogP contribution in [-0.2, 0) is 5.41 Å². The molecule has 0 N–H and O–H groups in total. The fourth-order valence-corrected chi connectivity index (χ4v) is 13.7. The van der Waals surface area contributed by atoms with E-state index in [1.807, 2.05) is 11.3 Å². The standard InChI is InChI=1S/C67H42N2S/c1-4-16-43(17-5-1)45-28-32-48(33-29-45)68(49-34-30-46(31-35-49)44-18-6-2-7-19-44)50-36-37-52-51-22-10-13-25-57(51)67(60(52)42-50)58-26-14-11-23-55(58)63-59(67)40-38-53-54-39-41-62-64(66(54)70-65(53)63)56-24-12-15-27-61(56)69(62)47-20-8-3-9-21-47/h1-42H. The summed E-state index contributed by atoms with van der Waals surface area (Å²) in [5.41, 5.74) is 21.9. The highest BCUT2D eigenvalue weighted by Crippen LogP contribution is 2.65. The monoisotopic (exact) mass is 906 g/mol. The number of benzene rings is 11. The molecular formula is C67H42N2S. The van der Waals surface area contributed by atoms with Gasteiger partial charge in [-0.15, -0.1) is 11.3 Å². The molecule has 2 aliphatic rings. The zero-order valence-electron chi connectivity index (χ0n) is 38.1. The molecule has 1 atom stereocenters. The van der Waals surface area contributed by atoms with Gasteiger partial charge in [0.1, 0.15) is 0 Å². The summed E-state index contributed by atoms with van der Waals surface area (Å²) < 4.78 is 5.12. The van der Waals surface area contributed by atoms with E-state index in [9.17, 15) is 0 Å². The SMILES string of the molecule is c1ccc(-c2ccc(N(c3ccc(-c4ccccc4)cc3)c3ccc4c(c3)C3(c5ccccc5-4)c4ccccc4-c4c3ccc3c4sc4c3ccc3c4c4ccccc4n3-c3ccccc3)cc2)cc1. The van der Waals surface area contributed by atoms with Gasteiger partial charge in [0.15, 0.2) is 0 Å². The smallest absolute Gasteiger partial charge is 0.0726 e. The minimum absolute atomic E-state index is 0.531. The zero-order valence-corrected chi connectivity index (χ0v) is 38.9. The molecule has 1 spiro atoms. The summed E-state index contributed by atoms with van der Waals surface area (Å²) >= 11 is 1.97. The fourth-order valence-electron chi connectivity index (χ4n) is 12.3. The Morgan fingerprint density at radius 1 is 0.329 bits per heavy atom. The highest BCUT2D eigenvalue weighted by molar-refractivity contribution is 7.27. The molecule has 2 nitrogen and oxygen atoms in total. The molecule has 1 unspecified atom stereocenters. The summed E-state index contributed by atoms with van der Waals surface area (Å²) in [6.07, 6.45) is 0. The number of hydrogen-bond donors (Lipinski definition) is 0. The predicted octanol–water partition coefficient (Wildman–Crippen LogP) is 18.3. The molecule has 0 amide bonds. The second kappa shape index (κ2) is 15.1. The quantitative estimate of drug-likeness (QED) is 0.161. The van der Waals surface area contributed by atoms with Gasteiger partial charge in [0.2, 0.25) is 0 Å². The molecule has 0 saturated carbocycles. The topological polar surface area (TPSA) is 8.17 Å². The van der Waals surface area contributed by atoms with Crippen LogP contribution in [0.4, 0.5) is 17.1 Å². The van der Waals surface area contributed by atoms with Crippen LogP contribution >= 0.6 is 11.3 Å². The second-order valence-corrected chi connectivity index (χ2v) is 19.7. The average molecular weight is 907 g/mol. The largest absolute Gasteiger partial charge is 0.310 e. The molecule has 2 heterocycles. The number of hydrogen-bond acceptors (Lipinski definition) is 2. The first kappa shape index (κ1) is 39.3. The van der Waals surface area contributed by atoms with Gasteiger partial charge in [-0.2, -0.15) is 0 Å². The van der Waals surface area contributed by atoms with E-state index < -0.39 is 5.41 Å². The normalized spacial score (nSPS) is 14.3. The molecule has 0 radical (unpaired) electrons. The fraction of sp³-hybridized carbons (Fsp3) is 0.0149. The Kier molecular flexibility index (Phi) is 8.48. The summed E-state index contributed by atoms with van der Waals surface area (Å²) in [6.45, 7) is 0. The third-order valence-corrected chi connectivity index (χ3v) is 16.5. The van der Waals surface area contributed by atoms with Gasteiger partial charge >= 0.3 is 0 Å². The highest BCUT2D eigenvalue weighted by atomic mass is 32.1. The number of thiophene rings is 1. The molecule has 2 aliphatic carbocycles. The van der Waals surface area contributed by atoms with Crippen molar-refractivity contribution in [3.63, 3.8) is 0 Å². The molecule has 11 aromatic carbocycles. The minimum Gasteiger partial charge on any atom is -0.310 e. The second-order valence-electron chi connectivity index (χ2n) is 18.7. The summed E-state index contributed by atoms with van der Waals surface area (Å²) in [6, 6.07) is 94.5. The first-order chi connectivity index (χ1) is 34.7. The van der Waals surface area contributed by atoms with Gasteiger partial charge in [-0.3, -0.25) is 0 Å². The zero-order chi connectivity index (χ0) is 45.9. The molecule has 13 aromatic rings.